The van der Waals surface area contributed by atoms with Crippen LogP contribution in [0.4, 0.5) is 8.78 Å². The molecule has 0 aromatic carbocycles. The second-order valence-corrected chi connectivity index (χ2v) is 1.93. The van der Waals surface area contributed by atoms with Gasteiger partial charge in [-0.2, -0.15) is 5.10 Å². The van der Waals surface area contributed by atoms with E-state index in [1.54, 1.807) is 0 Å². The van der Waals surface area contributed by atoms with E-state index < -0.39 is 13.0 Å². The number of aromatic nitrogens is 2. The Morgan fingerprint density at radius 1 is 1.73 bits per heavy atom. The van der Waals surface area contributed by atoms with Crippen molar-refractivity contribution in [2.45, 2.75) is 13.0 Å². The third-order valence-electron chi connectivity index (χ3n) is 1.18. The Morgan fingerprint density at radius 2 is 2.45 bits per heavy atom. The molecule has 0 unspecified atom stereocenters. The summed E-state index contributed by atoms with van der Waals surface area (Å²) in [6, 6.07) is 1.52. The van der Waals surface area contributed by atoms with Crippen molar-refractivity contribution >= 4 is 0 Å². The highest BCUT2D eigenvalue weighted by molar-refractivity contribution is 5.22. The maximum Gasteiger partial charge on any atom is 0.257 e. The first-order valence-corrected chi connectivity index (χ1v) is 3.00. The van der Waals surface area contributed by atoms with Gasteiger partial charge >= 0.3 is 0 Å². The van der Waals surface area contributed by atoms with Crippen molar-refractivity contribution in [2.75, 3.05) is 0 Å². The zero-order valence-corrected chi connectivity index (χ0v) is 5.67. The number of alkyl halides is 2. The molecule has 0 bridgehead atoms. The van der Waals surface area contributed by atoms with Gasteiger partial charge in [-0.25, -0.2) is 8.78 Å². The number of hydrogen-bond donors (Lipinski definition) is 0. The van der Waals surface area contributed by atoms with Crippen LogP contribution in [-0.4, -0.2) is 16.2 Å². The molecular weight excluding hydrogens is 150 g/mol. The highest BCUT2D eigenvalue weighted by Gasteiger charge is 2.06. The number of hydrogen-bond acceptors (Lipinski definition) is 1. The molecule has 4 heteroatoms. The summed E-state index contributed by atoms with van der Waals surface area (Å²) in [6.45, 7) is -0.438. The lowest BCUT2D eigenvalue weighted by atomic mass is 10.4. The van der Waals surface area contributed by atoms with Gasteiger partial charge in [-0.1, -0.05) is 5.92 Å². The van der Waals surface area contributed by atoms with E-state index >= 15 is 0 Å². The molecule has 1 heterocycles. The fourth-order valence-corrected chi connectivity index (χ4v) is 0.731. The molecule has 0 N–H and O–H groups in total. The highest BCUT2D eigenvalue weighted by atomic mass is 19.3. The van der Waals surface area contributed by atoms with Crippen molar-refractivity contribution in [2.24, 2.45) is 0 Å². The minimum atomic E-state index is -2.41. The molecule has 0 spiro atoms. The van der Waals surface area contributed by atoms with Crippen LogP contribution in [0.2, 0.25) is 0 Å². The lowest BCUT2D eigenvalue weighted by molar-refractivity contribution is 0.121. The third kappa shape index (κ3) is 1.77. The molecule has 0 saturated heterocycles. The normalized spacial score (nSPS) is 10.0. The summed E-state index contributed by atoms with van der Waals surface area (Å²) in [7, 11) is 0. The van der Waals surface area contributed by atoms with Gasteiger partial charge in [-0.05, 0) is 6.07 Å². The van der Waals surface area contributed by atoms with Crippen LogP contribution in [0.15, 0.2) is 12.3 Å². The van der Waals surface area contributed by atoms with E-state index in [2.05, 4.69) is 11.0 Å². The molecule has 1 aromatic heterocycles. The summed E-state index contributed by atoms with van der Waals surface area (Å²) < 4.78 is 24.7. The monoisotopic (exact) mass is 156 g/mol. The van der Waals surface area contributed by atoms with Crippen LogP contribution < -0.4 is 0 Å². The third-order valence-corrected chi connectivity index (χ3v) is 1.18. The van der Waals surface area contributed by atoms with Crippen molar-refractivity contribution in [3.8, 4) is 12.3 Å². The number of halogens is 2. The first kappa shape index (κ1) is 7.73. The van der Waals surface area contributed by atoms with Gasteiger partial charge in [0.25, 0.3) is 6.43 Å². The number of rotatable bonds is 2. The summed E-state index contributed by atoms with van der Waals surface area (Å²) in [5.41, 5.74) is 0.380. The molecule has 0 aliphatic rings. The second-order valence-electron chi connectivity index (χ2n) is 1.93. The summed E-state index contributed by atoms with van der Waals surface area (Å²) >= 11 is 0. The molecule has 0 fully saturated rings. The average Bonchev–Trinajstić information content (AvgIpc) is 2.34. The van der Waals surface area contributed by atoms with E-state index in [0.717, 1.165) is 4.68 Å². The molecule has 1 rings (SSSR count). The molecule has 58 valence electrons. The minimum Gasteiger partial charge on any atom is -0.251 e. The zero-order valence-electron chi connectivity index (χ0n) is 5.67. The lowest BCUT2D eigenvalue weighted by Gasteiger charge is -2.00. The molecule has 0 aliphatic heterocycles. The van der Waals surface area contributed by atoms with Crippen LogP contribution in [0.3, 0.4) is 0 Å². The predicted octanol–water partition coefficient (Wildman–Crippen LogP) is 1.13. The molecular formula is C7H6F2N2. The zero-order chi connectivity index (χ0) is 8.27. The van der Waals surface area contributed by atoms with Crippen LogP contribution >= 0.6 is 0 Å². The van der Waals surface area contributed by atoms with E-state index in [1.165, 1.54) is 12.3 Å². The van der Waals surface area contributed by atoms with Gasteiger partial charge in [0.2, 0.25) is 0 Å². The Hall–Kier alpha value is -1.37. The van der Waals surface area contributed by atoms with E-state index in [4.69, 9.17) is 6.42 Å². The molecule has 0 radical (unpaired) electrons. The maximum absolute atomic E-state index is 11.8. The van der Waals surface area contributed by atoms with E-state index in [1.807, 2.05) is 0 Å². The van der Waals surface area contributed by atoms with Gasteiger partial charge in [-0.3, -0.25) is 4.68 Å². The van der Waals surface area contributed by atoms with Gasteiger partial charge in [-0.15, -0.1) is 6.42 Å². The van der Waals surface area contributed by atoms with Gasteiger partial charge in [0.05, 0.1) is 6.20 Å². The van der Waals surface area contributed by atoms with Gasteiger partial charge < -0.3 is 0 Å². The van der Waals surface area contributed by atoms with Crippen molar-refractivity contribution in [1.29, 1.82) is 0 Å². The Morgan fingerprint density at radius 3 is 3.00 bits per heavy atom. The first-order valence-electron chi connectivity index (χ1n) is 3.00. The van der Waals surface area contributed by atoms with Crippen LogP contribution in [0.25, 0.3) is 0 Å². The van der Waals surface area contributed by atoms with Crippen LogP contribution in [-0.2, 0) is 6.54 Å². The molecule has 0 atom stereocenters. The van der Waals surface area contributed by atoms with Crippen molar-refractivity contribution < 1.29 is 8.78 Å². The number of nitrogens with zero attached hydrogens (tertiary/aromatic N) is 2. The smallest absolute Gasteiger partial charge is 0.251 e. The topological polar surface area (TPSA) is 17.8 Å². The SMILES string of the molecule is C#Cc1ccnn1CC(F)F. The van der Waals surface area contributed by atoms with E-state index in [-0.39, 0.29) is 0 Å². The Kier molecular flexibility index (Phi) is 2.21. The summed E-state index contributed by atoms with van der Waals surface area (Å²) in [5, 5.41) is 3.62. The Bertz CT molecular complexity index is 272. The van der Waals surface area contributed by atoms with Gasteiger partial charge in [0.15, 0.2) is 0 Å². The minimum absolute atomic E-state index is 0.380. The Labute approximate surface area is 62.8 Å². The average molecular weight is 156 g/mol. The van der Waals surface area contributed by atoms with Crippen LogP contribution in [0.5, 0.6) is 0 Å². The molecule has 11 heavy (non-hydrogen) atoms. The quantitative estimate of drug-likeness (QED) is 0.587. The standard InChI is InChI=1S/C7H6F2N2/c1-2-6-3-4-10-11(6)5-7(8)9/h1,3-4,7H,5H2. The lowest BCUT2D eigenvalue weighted by Crippen LogP contribution is -2.09. The fraction of sp³-hybridized carbons (Fsp3) is 0.286. The van der Waals surface area contributed by atoms with Gasteiger partial charge in [0.1, 0.15) is 12.2 Å². The predicted molar refractivity (Wildman–Crippen MR) is 36.2 cm³/mol. The highest BCUT2D eigenvalue weighted by Crippen LogP contribution is 2.01. The van der Waals surface area contributed by atoms with Crippen molar-refractivity contribution in [3.63, 3.8) is 0 Å². The molecule has 0 saturated carbocycles. The molecule has 0 amide bonds. The summed E-state index contributed by atoms with van der Waals surface area (Å²) in [6.07, 6.45) is 4.00. The fourth-order valence-electron chi connectivity index (χ4n) is 0.731. The van der Waals surface area contributed by atoms with Gasteiger partial charge in [0, 0.05) is 0 Å². The maximum atomic E-state index is 11.8. The molecule has 1 aromatic rings. The van der Waals surface area contributed by atoms with Crippen molar-refractivity contribution in [1.82, 2.24) is 9.78 Å². The summed E-state index contributed by atoms with van der Waals surface area (Å²) in [4.78, 5) is 0. The van der Waals surface area contributed by atoms with E-state index in [0.29, 0.717) is 5.69 Å². The number of terminal acetylenes is 1. The van der Waals surface area contributed by atoms with Crippen LogP contribution in [0, 0.1) is 12.3 Å². The molecule has 2 nitrogen and oxygen atoms in total. The Balaban J connectivity index is 2.79. The van der Waals surface area contributed by atoms with Crippen molar-refractivity contribution in [3.05, 3.63) is 18.0 Å². The van der Waals surface area contributed by atoms with E-state index in [9.17, 15) is 8.78 Å². The second kappa shape index (κ2) is 3.15. The molecule has 0 aliphatic carbocycles. The largest absolute Gasteiger partial charge is 0.257 e. The van der Waals surface area contributed by atoms with Crippen LogP contribution in [0.1, 0.15) is 5.69 Å². The summed E-state index contributed by atoms with van der Waals surface area (Å²) in [5.74, 6) is 2.25. The first-order chi connectivity index (χ1) is 5.24.